The number of carbonyl (C=O) groups excluding carboxylic acids is 1. The van der Waals surface area contributed by atoms with Gasteiger partial charge in [0.2, 0.25) is 5.95 Å². The Morgan fingerprint density at radius 2 is 1.62 bits per heavy atom. The van der Waals surface area contributed by atoms with Gasteiger partial charge in [-0.05, 0) is 24.3 Å². The quantitative estimate of drug-likeness (QED) is 0.805. The average molecular weight is 234 g/mol. The molecule has 4 nitrogen and oxygen atoms in total. The van der Waals surface area contributed by atoms with Gasteiger partial charge in [0.05, 0.1) is 5.56 Å². The van der Waals surface area contributed by atoms with Gasteiger partial charge in [-0.1, -0.05) is 11.6 Å². The third kappa shape index (κ3) is 2.17. The zero-order valence-electron chi connectivity index (χ0n) is 8.22. The van der Waals surface area contributed by atoms with Gasteiger partial charge in [-0.3, -0.25) is 4.79 Å². The summed E-state index contributed by atoms with van der Waals surface area (Å²) in [6, 6.07) is 6.63. The smallest absolute Gasteiger partial charge is 0.219 e. The van der Waals surface area contributed by atoms with E-state index in [1.807, 2.05) is 0 Å². The summed E-state index contributed by atoms with van der Waals surface area (Å²) in [5, 5.41) is 0.588. The summed E-state index contributed by atoms with van der Waals surface area (Å²) < 4.78 is 0. The van der Waals surface area contributed by atoms with Crippen molar-refractivity contribution in [2.75, 3.05) is 5.73 Å². The van der Waals surface area contributed by atoms with Crippen molar-refractivity contribution in [3.63, 3.8) is 0 Å². The molecule has 5 heteroatoms. The number of benzene rings is 1. The van der Waals surface area contributed by atoms with Crippen LogP contribution in [0.2, 0.25) is 5.02 Å². The maximum atomic E-state index is 11.9. The first-order chi connectivity index (χ1) is 7.66. The number of aromatic nitrogens is 2. The molecule has 0 amide bonds. The van der Waals surface area contributed by atoms with Crippen molar-refractivity contribution in [2.24, 2.45) is 0 Å². The molecule has 0 radical (unpaired) electrons. The second-order valence-corrected chi connectivity index (χ2v) is 3.60. The fraction of sp³-hybridized carbons (Fsp3) is 0. The molecule has 80 valence electrons. The molecule has 1 aromatic carbocycles. The van der Waals surface area contributed by atoms with Crippen LogP contribution in [0, 0.1) is 0 Å². The fourth-order valence-corrected chi connectivity index (χ4v) is 1.35. The third-order valence-electron chi connectivity index (χ3n) is 2.04. The van der Waals surface area contributed by atoms with Crippen LogP contribution >= 0.6 is 11.6 Å². The van der Waals surface area contributed by atoms with Crippen molar-refractivity contribution in [1.29, 1.82) is 0 Å². The Labute approximate surface area is 97.1 Å². The van der Waals surface area contributed by atoms with Crippen LogP contribution in [-0.2, 0) is 0 Å². The molecule has 0 saturated carbocycles. The molecule has 0 aliphatic carbocycles. The maximum absolute atomic E-state index is 11.9. The average Bonchev–Trinajstić information content (AvgIpc) is 2.30. The van der Waals surface area contributed by atoms with Gasteiger partial charge in [-0.15, -0.1) is 0 Å². The van der Waals surface area contributed by atoms with E-state index in [0.29, 0.717) is 16.1 Å². The molecule has 0 fully saturated rings. The van der Waals surface area contributed by atoms with Crippen molar-refractivity contribution in [3.8, 4) is 0 Å². The molecule has 2 N–H and O–H groups in total. The first-order valence-electron chi connectivity index (χ1n) is 4.54. The second kappa shape index (κ2) is 4.28. The largest absolute Gasteiger partial charge is 0.368 e. The normalized spacial score (nSPS) is 10.1. The lowest BCUT2D eigenvalue weighted by molar-refractivity contribution is 0.103. The SMILES string of the molecule is Nc1ncc(C(=O)c2ccc(Cl)cc2)cn1. The highest BCUT2D eigenvalue weighted by Gasteiger charge is 2.09. The van der Waals surface area contributed by atoms with E-state index in [9.17, 15) is 4.79 Å². The molecule has 0 spiro atoms. The van der Waals surface area contributed by atoms with Crippen molar-refractivity contribution >= 4 is 23.3 Å². The molecule has 0 aliphatic rings. The zero-order valence-corrected chi connectivity index (χ0v) is 8.98. The van der Waals surface area contributed by atoms with Crippen LogP contribution in [0.1, 0.15) is 15.9 Å². The molecule has 0 bridgehead atoms. The summed E-state index contributed by atoms with van der Waals surface area (Å²) in [4.78, 5) is 19.4. The minimum absolute atomic E-state index is 0.146. The highest BCUT2D eigenvalue weighted by Crippen LogP contribution is 2.13. The van der Waals surface area contributed by atoms with Crippen LogP contribution in [-0.4, -0.2) is 15.8 Å². The number of anilines is 1. The van der Waals surface area contributed by atoms with Gasteiger partial charge < -0.3 is 5.73 Å². The Morgan fingerprint density at radius 1 is 1.06 bits per heavy atom. The Bertz CT molecular complexity index is 460. The van der Waals surface area contributed by atoms with Gasteiger partial charge in [0.1, 0.15) is 0 Å². The summed E-state index contributed by atoms with van der Waals surface area (Å²) >= 11 is 5.73. The highest BCUT2D eigenvalue weighted by atomic mass is 35.5. The number of hydrogen-bond donors (Lipinski definition) is 1. The number of nitrogen functional groups attached to an aromatic ring is 1. The van der Waals surface area contributed by atoms with Crippen molar-refractivity contribution in [3.05, 3.63) is 52.8 Å². The molecule has 0 unspecified atom stereocenters. The van der Waals surface area contributed by atoms with Gasteiger partial charge in [0.25, 0.3) is 0 Å². The first-order valence-corrected chi connectivity index (χ1v) is 4.92. The summed E-state index contributed by atoms with van der Waals surface area (Å²) in [6.07, 6.45) is 2.80. The molecule has 1 heterocycles. The first kappa shape index (κ1) is 10.6. The Balaban J connectivity index is 2.32. The van der Waals surface area contributed by atoms with E-state index >= 15 is 0 Å². The van der Waals surface area contributed by atoms with Crippen LogP contribution in [0.15, 0.2) is 36.7 Å². The van der Waals surface area contributed by atoms with Crippen LogP contribution in [0.3, 0.4) is 0 Å². The van der Waals surface area contributed by atoms with Crippen molar-refractivity contribution in [1.82, 2.24) is 9.97 Å². The monoisotopic (exact) mass is 233 g/mol. The molecule has 0 aliphatic heterocycles. The van der Waals surface area contributed by atoms with E-state index in [4.69, 9.17) is 17.3 Å². The molecule has 2 rings (SSSR count). The van der Waals surface area contributed by atoms with E-state index in [-0.39, 0.29) is 11.7 Å². The van der Waals surface area contributed by atoms with Crippen LogP contribution < -0.4 is 5.73 Å². The lowest BCUT2D eigenvalue weighted by atomic mass is 10.1. The molecular weight excluding hydrogens is 226 g/mol. The summed E-state index contributed by atoms with van der Waals surface area (Å²) in [5.74, 6) is -0.00989. The topological polar surface area (TPSA) is 68.9 Å². The summed E-state index contributed by atoms with van der Waals surface area (Å²) in [7, 11) is 0. The molecule has 16 heavy (non-hydrogen) atoms. The van der Waals surface area contributed by atoms with Crippen LogP contribution in [0.4, 0.5) is 5.95 Å². The number of rotatable bonds is 2. The summed E-state index contributed by atoms with van der Waals surface area (Å²) in [6.45, 7) is 0. The fourth-order valence-electron chi connectivity index (χ4n) is 1.22. The number of halogens is 1. The van der Waals surface area contributed by atoms with Gasteiger partial charge >= 0.3 is 0 Å². The van der Waals surface area contributed by atoms with E-state index in [0.717, 1.165) is 0 Å². The number of hydrogen-bond acceptors (Lipinski definition) is 4. The number of carbonyl (C=O) groups is 1. The minimum atomic E-state index is -0.156. The van der Waals surface area contributed by atoms with E-state index in [1.165, 1.54) is 12.4 Å². The lowest BCUT2D eigenvalue weighted by Gasteiger charge is -2.00. The molecular formula is C11H8ClN3O. The Morgan fingerprint density at radius 3 is 2.19 bits per heavy atom. The number of ketones is 1. The number of nitrogens with two attached hydrogens (primary N) is 1. The molecule has 2 aromatic rings. The van der Waals surface area contributed by atoms with Gasteiger partial charge in [0, 0.05) is 23.0 Å². The molecule has 0 saturated heterocycles. The van der Waals surface area contributed by atoms with Gasteiger partial charge in [0.15, 0.2) is 5.78 Å². The van der Waals surface area contributed by atoms with Crippen molar-refractivity contribution < 1.29 is 4.79 Å². The predicted octanol–water partition coefficient (Wildman–Crippen LogP) is 1.94. The zero-order chi connectivity index (χ0) is 11.5. The third-order valence-corrected chi connectivity index (χ3v) is 2.29. The Kier molecular flexibility index (Phi) is 2.83. The maximum Gasteiger partial charge on any atom is 0.219 e. The van der Waals surface area contributed by atoms with Crippen molar-refractivity contribution in [2.45, 2.75) is 0 Å². The van der Waals surface area contributed by atoms with E-state index in [2.05, 4.69) is 9.97 Å². The predicted molar refractivity (Wildman–Crippen MR) is 61.3 cm³/mol. The molecule has 1 aromatic heterocycles. The molecule has 0 atom stereocenters. The minimum Gasteiger partial charge on any atom is -0.368 e. The lowest BCUT2D eigenvalue weighted by Crippen LogP contribution is -2.04. The standard InChI is InChI=1S/C11H8ClN3O/c12-9-3-1-7(2-4-9)10(16)8-5-14-11(13)15-6-8/h1-6H,(H2,13,14,15). The van der Waals surface area contributed by atoms with E-state index < -0.39 is 0 Å². The van der Waals surface area contributed by atoms with Crippen LogP contribution in [0.25, 0.3) is 0 Å². The second-order valence-electron chi connectivity index (χ2n) is 3.17. The van der Waals surface area contributed by atoms with E-state index in [1.54, 1.807) is 24.3 Å². The summed E-state index contributed by atoms with van der Waals surface area (Å²) in [5.41, 5.74) is 6.27. The van der Waals surface area contributed by atoms with Gasteiger partial charge in [-0.2, -0.15) is 0 Å². The number of nitrogens with zero attached hydrogens (tertiary/aromatic N) is 2. The highest BCUT2D eigenvalue weighted by molar-refractivity contribution is 6.30. The van der Waals surface area contributed by atoms with Gasteiger partial charge in [-0.25, -0.2) is 9.97 Å². The Hall–Kier alpha value is -1.94. The van der Waals surface area contributed by atoms with Crippen LogP contribution in [0.5, 0.6) is 0 Å².